The van der Waals surface area contributed by atoms with Crippen LogP contribution in [0.25, 0.3) is 0 Å². The van der Waals surface area contributed by atoms with Gasteiger partial charge in [0.15, 0.2) is 0 Å². The van der Waals surface area contributed by atoms with Crippen LogP contribution in [0.5, 0.6) is 0 Å². The summed E-state index contributed by atoms with van der Waals surface area (Å²) >= 11 is 0. The normalized spacial score (nSPS) is 11.1. The van der Waals surface area contributed by atoms with E-state index in [-0.39, 0.29) is 56.3 Å². The molecule has 0 saturated heterocycles. The number of hydrogen-bond acceptors (Lipinski definition) is 3. The van der Waals surface area contributed by atoms with Crippen LogP contribution in [0.4, 0.5) is 0 Å². The first-order chi connectivity index (χ1) is 7.43. The molecule has 0 amide bonds. The van der Waals surface area contributed by atoms with Crippen molar-refractivity contribution in [1.29, 1.82) is 0 Å². The van der Waals surface area contributed by atoms with Crippen LogP contribution in [0.3, 0.4) is 0 Å². The SMILES string of the molecule is CCc1cc(CC)c(S(=O)(=O)[O-])c(CC)c1.[K+]. The van der Waals surface area contributed by atoms with E-state index in [1.165, 1.54) is 0 Å². The van der Waals surface area contributed by atoms with Crippen molar-refractivity contribution in [3.05, 3.63) is 28.8 Å². The van der Waals surface area contributed by atoms with E-state index in [0.29, 0.717) is 24.0 Å². The summed E-state index contributed by atoms with van der Waals surface area (Å²) in [6.07, 6.45) is 1.98. The minimum Gasteiger partial charge on any atom is -0.744 e. The Hall–Kier alpha value is 0.766. The van der Waals surface area contributed by atoms with Gasteiger partial charge in [0.25, 0.3) is 0 Å². The van der Waals surface area contributed by atoms with Crippen LogP contribution in [0.1, 0.15) is 37.5 Å². The molecule has 0 aliphatic rings. The molecule has 0 aliphatic heterocycles. The third-order valence-corrected chi connectivity index (χ3v) is 3.75. The van der Waals surface area contributed by atoms with E-state index >= 15 is 0 Å². The van der Waals surface area contributed by atoms with Crippen LogP contribution in [-0.2, 0) is 29.4 Å². The molecule has 0 N–H and O–H groups in total. The smallest absolute Gasteiger partial charge is 0.744 e. The molecule has 0 aromatic heterocycles. The van der Waals surface area contributed by atoms with Gasteiger partial charge in [0.05, 0.1) is 4.90 Å². The Balaban J connectivity index is 0.00000256. The van der Waals surface area contributed by atoms with Crippen molar-refractivity contribution in [2.24, 2.45) is 0 Å². The van der Waals surface area contributed by atoms with Gasteiger partial charge in [-0.25, -0.2) is 8.42 Å². The fourth-order valence-corrected chi connectivity index (χ4v) is 2.93. The van der Waals surface area contributed by atoms with E-state index in [4.69, 9.17) is 0 Å². The van der Waals surface area contributed by atoms with E-state index in [9.17, 15) is 13.0 Å². The molecule has 17 heavy (non-hydrogen) atoms. The van der Waals surface area contributed by atoms with Gasteiger partial charge in [0, 0.05) is 0 Å². The summed E-state index contributed by atoms with van der Waals surface area (Å²) in [5, 5.41) is 0. The first kappa shape index (κ1) is 17.8. The second-order valence-electron chi connectivity index (χ2n) is 3.76. The van der Waals surface area contributed by atoms with E-state index in [1.54, 1.807) is 0 Å². The van der Waals surface area contributed by atoms with Crippen LogP contribution in [0.15, 0.2) is 17.0 Å². The Morgan fingerprint density at radius 3 is 1.65 bits per heavy atom. The molecule has 0 radical (unpaired) electrons. The van der Waals surface area contributed by atoms with Gasteiger partial charge >= 0.3 is 51.4 Å². The zero-order valence-corrected chi connectivity index (χ0v) is 14.8. The van der Waals surface area contributed by atoms with Crippen LogP contribution in [0, 0.1) is 0 Å². The Labute approximate surface area is 146 Å². The zero-order chi connectivity index (χ0) is 12.3. The number of hydrogen-bond donors (Lipinski definition) is 0. The molecule has 90 valence electrons. The molecule has 0 bridgehead atoms. The van der Waals surface area contributed by atoms with Crippen molar-refractivity contribution in [2.75, 3.05) is 0 Å². The Morgan fingerprint density at radius 2 is 1.41 bits per heavy atom. The van der Waals surface area contributed by atoms with Gasteiger partial charge in [-0.05, 0) is 36.0 Å². The van der Waals surface area contributed by atoms with Crippen molar-refractivity contribution >= 4 is 10.1 Å². The molecule has 0 saturated carbocycles. The van der Waals surface area contributed by atoms with Gasteiger partial charge in [0.1, 0.15) is 10.1 Å². The molecule has 0 atom stereocenters. The summed E-state index contributed by atoms with van der Waals surface area (Å²) in [6, 6.07) is 3.65. The summed E-state index contributed by atoms with van der Waals surface area (Å²) in [7, 11) is -4.36. The van der Waals surface area contributed by atoms with Crippen molar-refractivity contribution < 1.29 is 64.4 Å². The predicted molar refractivity (Wildman–Crippen MR) is 62.5 cm³/mol. The first-order valence-corrected chi connectivity index (χ1v) is 6.95. The van der Waals surface area contributed by atoms with E-state index < -0.39 is 10.1 Å². The molecular weight excluding hydrogens is 263 g/mol. The predicted octanol–water partition coefficient (Wildman–Crippen LogP) is -0.718. The summed E-state index contributed by atoms with van der Waals surface area (Å²) in [6.45, 7) is 5.74. The molecule has 1 aromatic carbocycles. The second kappa shape index (κ2) is 7.38. The molecule has 0 fully saturated rings. The number of aryl methyl sites for hydroxylation is 3. The maximum atomic E-state index is 11.2. The summed E-state index contributed by atoms with van der Waals surface area (Å²) in [4.78, 5) is -0.00491. The van der Waals surface area contributed by atoms with E-state index in [2.05, 4.69) is 0 Å². The van der Waals surface area contributed by atoms with Crippen LogP contribution in [-0.4, -0.2) is 13.0 Å². The number of benzene rings is 1. The third kappa shape index (κ3) is 4.42. The van der Waals surface area contributed by atoms with Crippen LogP contribution >= 0.6 is 0 Å². The van der Waals surface area contributed by atoms with E-state index in [1.807, 2.05) is 32.9 Å². The fraction of sp³-hybridized carbons (Fsp3) is 0.500. The maximum Gasteiger partial charge on any atom is 1.00 e. The van der Waals surface area contributed by atoms with Crippen LogP contribution in [0.2, 0.25) is 0 Å². The Morgan fingerprint density at radius 1 is 1.00 bits per heavy atom. The van der Waals surface area contributed by atoms with Crippen molar-refractivity contribution in [3.8, 4) is 0 Å². The molecule has 3 nitrogen and oxygen atoms in total. The second-order valence-corrected chi connectivity index (χ2v) is 5.07. The average molecular weight is 280 g/mol. The summed E-state index contributed by atoms with van der Waals surface area (Å²) < 4.78 is 33.7. The minimum absolute atomic E-state index is 0. The Kier molecular flexibility index (Phi) is 7.71. The van der Waals surface area contributed by atoms with Gasteiger partial charge in [-0.1, -0.05) is 32.9 Å². The van der Waals surface area contributed by atoms with Gasteiger partial charge in [-0.3, -0.25) is 0 Å². The largest absolute Gasteiger partial charge is 1.00 e. The number of rotatable bonds is 4. The zero-order valence-electron chi connectivity index (χ0n) is 10.9. The first-order valence-electron chi connectivity index (χ1n) is 5.54. The molecule has 5 heteroatoms. The molecule has 0 unspecified atom stereocenters. The fourth-order valence-electron chi connectivity index (χ4n) is 1.88. The van der Waals surface area contributed by atoms with Crippen molar-refractivity contribution in [3.63, 3.8) is 0 Å². The summed E-state index contributed by atoms with van der Waals surface area (Å²) in [5.41, 5.74) is 2.37. The third-order valence-electron chi connectivity index (χ3n) is 2.72. The quantitative estimate of drug-likeness (QED) is 0.540. The standard InChI is InChI=1S/C12H18O3S.K/c1-4-9-7-10(5-2)12(16(13,14)15)11(6-3)8-9;/h7-8H,4-6H2,1-3H3,(H,13,14,15);/q;+1/p-1. The minimum atomic E-state index is -4.36. The topological polar surface area (TPSA) is 57.2 Å². The maximum absolute atomic E-state index is 11.2. The van der Waals surface area contributed by atoms with E-state index in [0.717, 1.165) is 12.0 Å². The molecular formula is C12H17KO3S. The van der Waals surface area contributed by atoms with Crippen LogP contribution < -0.4 is 51.4 Å². The monoisotopic (exact) mass is 280 g/mol. The van der Waals surface area contributed by atoms with Gasteiger partial charge in [0.2, 0.25) is 0 Å². The molecule has 0 heterocycles. The van der Waals surface area contributed by atoms with Crippen molar-refractivity contribution in [2.45, 2.75) is 44.9 Å². The molecule has 1 rings (SSSR count). The van der Waals surface area contributed by atoms with Gasteiger partial charge in [-0.15, -0.1) is 0 Å². The molecule has 0 aliphatic carbocycles. The van der Waals surface area contributed by atoms with Gasteiger partial charge < -0.3 is 4.55 Å². The summed E-state index contributed by atoms with van der Waals surface area (Å²) in [5.74, 6) is 0. The Bertz CT molecular complexity index is 456. The molecule has 1 aromatic rings. The van der Waals surface area contributed by atoms with Crippen molar-refractivity contribution in [1.82, 2.24) is 0 Å². The average Bonchev–Trinajstić information content (AvgIpc) is 2.25. The molecule has 0 spiro atoms. The van der Waals surface area contributed by atoms with Gasteiger partial charge in [-0.2, -0.15) is 0 Å².